The number of methoxy groups -OCH3 is 1. The molecule has 2 rings (SSSR count). The van der Waals surface area contributed by atoms with Crippen LogP contribution in [0.4, 0.5) is 0 Å². The molecule has 1 aromatic carbocycles. The number of amides is 1. The monoisotopic (exact) mass is 360 g/mol. The van der Waals surface area contributed by atoms with Gasteiger partial charge >= 0.3 is 0 Å². The van der Waals surface area contributed by atoms with Crippen LogP contribution in [-0.4, -0.2) is 27.8 Å². The number of benzene rings is 1. The van der Waals surface area contributed by atoms with Crippen molar-refractivity contribution in [3.8, 4) is 5.75 Å². The van der Waals surface area contributed by atoms with E-state index in [1.54, 1.807) is 13.2 Å². The third-order valence-corrected chi connectivity index (χ3v) is 4.20. The van der Waals surface area contributed by atoms with Crippen molar-refractivity contribution in [3.63, 3.8) is 0 Å². The predicted octanol–water partition coefficient (Wildman–Crippen LogP) is 3.19. The molecule has 2 N–H and O–H groups in total. The van der Waals surface area contributed by atoms with Gasteiger partial charge in [0.2, 0.25) is 5.91 Å². The third kappa shape index (κ3) is 4.79. The Kier molecular flexibility index (Phi) is 6.52. The Morgan fingerprint density at radius 1 is 1.44 bits per heavy atom. The molecular weight excluding hydrogens is 336 g/mol. The fourth-order valence-corrected chi connectivity index (χ4v) is 2.77. The van der Waals surface area contributed by atoms with Crippen molar-refractivity contribution in [1.29, 1.82) is 0 Å². The van der Waals surface area contributed by atoms with Gasteiger partial charge in [0.05, 0.1) is 19.6 Å². The molecule has 25 heavy (non-hydrogen) atoms. The molecule has 1 atom stereocenters. The minimum atomic E-state index is -0.237. The van der Waals surface area contributed by atoms with Gasteiger partial charge in [-0.1, -0.05) is 32.1 Å². The van der Waals surface area contributed by atoms with Crippen LogP contribution in [0.2, 0.25) is 0 Å². The normalized spacial score (nSPS) is 12.0. The first kappa shape index (κ1) is 18.9. The number of allylic oxidation sites excluding steroid dienone is 1. The van der Waals surface area contributed by atoms with Crippen LogP contribution < -0.4 is 10.1 Å². The van der Waals surface area contributed by atoms with Gasteiger partial charge < -0.3 is 10.1 Å². The van der Waals surface area contributed by atoms with E-state index in [0.717, 1.165) is 11.3 Å². The molecule has 7 heteroatoms. The van der Waals surface area contributed by atoms with Crippen LogP contribution in [0.5, 0.6) is 5.75 Å². The smallest absolute Gasteiger partial charge is 0.225 e. The van der Waals surface area contributed by atoms with Gasteiger partial charge in [0.15, 0.2) is 10.6 Å². The molecule has 1 heterocycles. The third-order valence-electron chi connectivity index (χ3n) is 3.88. The topological polar surface area (TPSA) is 71.9 Å². The highest BCUT2D eigenvalue weighted by Gasteiger charge is 2.23. The van der Waals surface area contributed by atoms with Crippen LogP contribution in [0.25, 0.3) is 0 Å². The van der Waals surface area contributed by atoms with E-state index >= 15 is 0 Å². The second-order valence-electron chi connectivity index (χ2n) is 6.10. The molecule has 0 fully saturated rings. The van der Waals surface area contributed by atoms with E-state index in [2.05, 4.69) is 22.1 Å². The van der Waals surface area contributed by atoms with Gasteiger partial charge in [-0.15, -0.1) is 6.58 Å². The predicted molar refractivity (Wildman–Crippen MR) is 100 cm³/mol. The summed E-state index contributed by atoms with van der Waals surface area (Å²) in [6, 6.07) is 7.22. The minimum absolute atomic E-state index is 0.0667. The lowest BCUT2D eigenvalue weighted by Gasteiger charge is -2.22. The van der Waals surface area contributed by atoms with Gasteiger partial charge in [0.25, 0.3) is 0 Å². The van der Waals surface area contributed by atoms with Crippen LogP contribution >= 0.6 is 12.2 Å². The van der Waals surface area contributed by atoms with Crippen LogP contribution in [0.1, 0.15) is 31.3 Å². The number of aromatic nitrogens is 3. The zero-order valence-electron chi connectivity index (χ0n) is 14.8. The van der Waals surface area contributed by atoms with Crippen molar-refractivity contribution in [2.75, 3.05) is 7.11 Å². The van der Waals surface area contributed by atoms with E-state index in [9.17, 15) is 4.79 Å². The SMILES string of the molecule is C=CCn1c(C(NC(=O)Cc2ccc(OC)cc2)C(C)C)n[nH]c1=S. The number of nitrogens with zero attached hydrogens (tertiary/aromatic N) is 2. The second kappa shape index (κ2) is 8.62. The van der Waals surface area contributed by atoms with E-state index < -0.39 is 0 Å². The average molecular weight is 360 g/mol. The molecule has 0 aliphatic carbocycles. The first-order valence-electron chi connectivity index (χ1n) is 8.14. The number of aromatic amines is 1. The number of nitrogens with one attached hydrogen (secondary N) is 2. The van der Waals surface area contributed by atoms with Crippen molar-refractivity contribution in [2.45, 2.75) is 32.9 Å². The van der Waals surface area contributed by atoms with Crippen molar-refractivity contribution < 1.29 is 9.53 Å². The molecule has 1 amide bonds. The fraction of sp³-hybridized carbons (Fsp3) is 0.389. The highest BCUT2D eigenvalue weighted by Crippen LogP contribution is 2.21. The lowest BCUT2D eigenvalue weighted by atomic mass is 10.0. The van der Waals surface area contributed by atoms with Crippen LogP contribution in [0.15, 0.2) is 36.9 Å². The molecule has 0 bridgehead atoms. The van der Waals surface area contributed by atoms with Crippen LogP contribution in [0.3, 0.4) is 0 Å². The molecule has 0 aliphatic rings. The standard InChI is InChI=1S/C18H24N4O2S/c1-5-10-22-17(20-21-18(22)25)16(12(2)3)19-15(23)11-13-6-8-14(24-4)9-7-13/h5-9,12,16H,1,10-11H2,2-4H3,(H,19,23)(H,21,25). The van der Waals surface area contributed by atoms with E-state index in [1.165, 1.54) is 0 Å². The first-order valence-corrected chi connectivity index (χ1v) is 8.55. The number of ether oxygens (including phenoxy) is 1. The molecule has 134 valence electrons. The molecule has 1 aromatic heterocycles. The average Bonchev–Trinajstić information content (AvgIpc) is 2.94. The zero-order chi connectivity index (χ0) is 18.4. The zero-order valence-corrected chi connectivity index (χ0v) is 15.6. The molecule has 0 aliphatic heterocycles. The lowest BCUT2D eigenvalue weighted by Crippen LogP contribution is -2.34. The van der Waals surface area contributed by atoms with E-state index in [4.69, 9.17) is 17.0 Å². The van der Waals surface area contributed by atoms with Crippen molar-refractivity contribution >= 4 is 18.1 Å². The molecule has 6 nitrogen and oxygen atoms in total. The number of H-pyrrole nitrogens is 1. The highest BCUT2D eigenvalue weighted by molar-refractivity contribution is 7.71. The summed E-state index contributed by atoms with van der Waals surface area (Å²) in [5.74, 6) is 1.57. The largest absolute Gasteiger partial charge is 0.497 e. The molecule has 2 aromatic rings. The van der Waals surface area contributed by atoms with Crippen molar-refractivity contribution in [2.24, 2.45) is 5.92 Å². The summed E-state index contributed by atoms with van der Waals surface area (Å²) in [5, 5.41) is 10.2. The van der Waals surface area contributed by atoms with Gasteiger partial charge in [-0.05, 0) is 35.8 Å². The van der Waals surface area contributed by atoms with E-state index in [0.29, 0.717) is 23.6 Å². The Morgan fingerprint density at radius 2 is 2.12 bits per heavy atom. The maximum atomic E-state index is 12.5. The maximum absolute atomic E-state index is 12.5. The Balaban J connectivity index is 2.14. The van der Waals surface area contributed by atoms with Gasteiger partial charge in [-0.25, -0.2) is 0 Å². The van der Waals surface area contributed by atoms with Gasteiger partial charge in [-0.3, -0.25) is 14.5 Å². The number of hydrogen-bond acceptors (Lipinski definition) is 4. The Labute approximate surface area is 152 Å². The molecule has 0 spiro atoms. The first-order chi connectivity index (χ1) is 12.0. The van der Waals surface area contributed by atoms with Crippen LogP contribution in [-0.2, 0) is 17.8 Å². The molecule has 0 saturated carbocycles. The van der Waals surface area contributed by atoms with Gasteiger partial charge in [-0.2, -0.15) is 5.10 Å². The second-order valence-corrected chi connectivity index (χ2v) is 6.49. The summed E-state index contributed by atoms with van der Waals surface area (Å²) in [6.45, 7) is 8.36. The summed E-state index contributed by atoms with van der Waals surface area (Å²) >= 11 is 5.26. The summed E-state index contributed by atoms with van der Waals surface area (Å²) in [5.41, 5.74) is 0.922. The lowest BCUT2D eigenvalue weighted by molar-refractivity contribution is -0.121. The summed E-state index contributed by atoms with van der Waals surface area (Å²) in [4.78, 5) is 12.5. The van der Waals surface area contributed by atoms with Gasteiger partial charge in [0.1, 0.15) is 5.75 Å². The van der Waals surface area contributed by atoms with Crippen molar-refractivity contribution in [1.82, 2.24) is 20.1 Å². The van der Waals surface area contributed by atoms with Crippen molar-refractivity contribution in [3.05, 3.63) is 53.1 Å². The Morgan fingerprint density at radius 3 is 2.68 bits per heavy atom. The number of carbonyl (C=O) groups is 1. The number of rotatable bonds is 8. The number of hydrogen-bond donors (Lipinski definition) is 2. The highest BCUT2D eigenvalue weighted by atomic mass is 32.1. The van der Waals surface area contributed by atoms with Crippen LogP contribution in [0, 0.1) is 10.7 Å². The molecule has 0 saturated heterocycles. The molecule has 0 radical (unpaired) electrons. The fourth-order valence-electron chi connectivity index (χ4n) is 2.56. The minimum Gasteiger partial charge on any atom is -0.497 e. The summed E-state index contributed by atoms with van der Waals surface area (Å²) in [7, 11) is 1.62. The Hall–Kier alpha value is -2.41. The Bertz CT molecular complexity index is 777. The quantitative estimate of drug-likeness (QED) is 0.560. The van der Waals surface area contributed by atoms with E-state index in [1.807, 2.05) is 42.7 Å². The van der Waals surface area contributed by atoms with Gasteiger partial charge in [0, 0.05) is 6.54 Å². The summed E-state index contributed by atoms with van der Waals surface area (Å²) in [6.07, 6.45) is 2.05. The summed E-state index contributed by atoms with van der Waals surface area (Å²) < 4.78 is 7.50. The number of carbonyl (C=O) groups excluding carboxylic acids is 1. The maximum Gasteiger partial charge on any atom is 0.225 e. The molecule has 1 unspecified atom stereocenters. The molecular formula is C18H24N4O2S. The van der Waals surface area contributed by atoms with E-state index in [-0.39, 0.29) is 17.9 Å².